The third-order valence-corrected chi connectivity index (χ3v) is 2.98. The minimum atomic E-state index is 0.818. The van der Waals surface area contributed by atoms with Gasteiger partial charge in [0, 0.05) is 0 Å². The predicted octanol–water partition coefficient (Wildman–Crippen LogP) is 3.10. The van der Waals surface area contributed by atoms with Gasteiger partial charge in [0.2, 0.25) is 0 Å². The molecule has 0 fully saturated rings. The van der Waals surface area contributed by atoms with Crippen molar-refractivity contribution < 1.29 is 0 Å². The second kappa shape index (κ2) is 3.38. The molecule has 0 amide bonds. The average molecular weight is 202 g/mol. The zero-order valence-electron chi connectivity index (χ0n) is 9.20. The molecule has 0 aliphatic heterocycles. The zero-order chi connectivity index (χ0) is 11.1. The maximum Gasteiger partial charge on any atom is 0.113 e. The molecular formula is C15H11B. The molecule has 0 heterocycles. The van der Waals surface area contributed by atoms with Crippen molar-refractivity contribution in [1.29, 1.82) is 0 Å². The van der Waals surface area contributed by atoms with E-state index in [2.05, 4.69) is 43.3 Å². The molecule has 0 saturated heterocycles. The highest BCUT2D eigenvalue weighted by atomic mass is 14.0. The van der Waals surface area contributed by atoms with E-state index in [9.17, 15) is 0 Å². The molecule has 0 N–H and O–H groups in total. The van der Waals surface area contributed by atoms with Crippen molar-refractivity contribution in [1.82, 2.24) is 0 Å². The lowest BCUT2D eigenvalue weighted by Gasteiger charge is -2.04. The fourth-order valence-electron chi connectivity index (χ4n) is 2.14. The van der Waals surface area contributed by atoms with E-state index in [4.69, 9.17) is 7.85 Å². The molecule has 3 aromatic rings. The maximum absolute atomic E-state index is 5.79. The molecule has 2 radical (unpaired) electrons. The molecule has 0 spiro atoms. The highest BCUT2D eigenvalue weighted by molar-refractivity contribution is 6.33. The van der Waals surface area contributed by atoms with Crippen molar-refractivity contribution in [2.75, 3.05) is 0 Å². The SMILES string of the molecule is [B]c1ccc2cc3cc(C)ccc3cc2c1. The third kappa shape index (κ3) is 1.49. The van der Waals surface area contributed by atoms with E-state index in [1.54, 1.807) is 0 Å². The Labute approximate surface area is 96.3 Å². The van der Waals surface area contributed by atoms with Crippen LogP contribution in [-0.4, -0.2) is 7.85 Å². The summed E-state index contributed by atoms with van der Waals surface area (Å²) in [6.07, 6.45) is 0. The lowest BCUT2D eigenvalue weighted by atomic mass is 9.92. The molecule has 0 unspecified atom stereocenters. The van der Waals surface area contributed by atoms with Crippen molar-refractivity contribution in [3.05, 3.63) is 54.1 Å². The summed E-state index contributed by atoms with van der Waals surface area (Å²) in [5.74, 6) is 0. The van der Waals surface area contributed by atoms with Crippen LogP contribution in [0, 0.1) is 6.92 Å². The summed E-state index contributed by atoms with van der Waals surface area (Å²) in [6, 6.07) is 17.0. The molecule has 3 rings (SSSR count). The van der Waals surface area contributed by atoms with Gasteiger partial charge in [0.1, 0.15) is 7.85 Å². The molecule has 0 aliphatic rings. The molecule has 1 heteroatoms. The van der Waals surface area contributed by atoms with E-state index in [0.29, 0.717) is 0 Å². The van der Waals surface area contributed by atoms with E-state index >= 15 is 0 Å². The Morgan fingerprint density at radius 1 is 0.688 bits per heavy atom. The van der Waals surface area contributed by atoms with E-state index in [1.807, 2.05) is 12.1 Å². The first kappa shape index (κ1) is 9.47. The number of hydrogen-bond acceptors (Lipinski definition) is 0. The van der Waals surface area contributed by atoms with Gasteiger partial charge in [0.15, 0.2) is 0 Å². The standard InChI is InChI=1S/C15H11B/c1-10-2-3-11-8-14-9-15(16)5-4-12(14)7-13(11)6-10/h2-9H,1H3. The molecule has 74 valence electrons. The molecule has 0 aromatic heterocycles. The van der Waals surface area contributed by atoms with Gasteiger partial charge in [-0.1, -0.05) is 47.4 Å². The van der Waals surface area contributed by atoms with Gasteiger partial charge in [-0.3, -0.25) is 0 Å². The maximum atomic E-state index is 5.79. The van der Waals surface area contributed by atoms with Gasteiger partial charge in [-0.05, 0) is 40.6 Å². The summed E-state index contributed by atoms with van der Waals surface area (Å²) >= 11 is 0. The first-order valence-electron chi connectivity index (χ1n) is 5.42. The molecule has 0 saturated carbocycles. The highest BCUT2D eigenvalue weighted by Gasteiger charge is 1.98. The van der Waals surface area contributed by atoms with Crippen molar-refractivity contribution in [2.45, 2.75) is 6.92 Å². The Hall–Kier alpha value is -1.76. The summed E-state index contributed by atoms with van der Waals surface area (Å²) in [6.45, 7) is 2.12. The third-order valence-electron chi connectivity index (χ3n) is 2.98. The van der Waals surface area contributed by atoms with E-state index in [1.165, 1.54) is 27.1 Å². The van der Waals surface area contributed by atoms with Crippen LogP contribution < -0.4 is 5.46 Å². The minimum Gasteiger partial charge on any atom is -0.0960 e. The first-order chi connectivity index (χ1) is 7.72. The lowest BCUT2D eigenvalue weighted by Crippen LogP contribution is -1.99. The van der Waals surface area contributed by atoms with Crippen LogP contribution in [0.4, 0.5) is 0 Å². The molecule has 0 atom stereocenters. The second-order valence-corrected chi connectivity index (χ2v) is 4.31. The smallest absolute Gasteiger partial charge is 0.0960 e. The topological polar surface area (TPSA) is 0 Å². The Morgan fingerprint density at radius 3 is 2.06 bits per heavy atom. The minimum absolute atomic E-state index is 0.818. The van der Waals surface area contributed by atoms with Crippen molar-refractivity contribution in [2.24, 2.45) is 0 Å². The number of fused-ring (bicyclic) bond motifs is 2. The molecular weight excluding hydrogens is 191 g/mol. The van der Waals surface area contributed by atoms with Crippen LogP contribution in [0.25, 0.3) is 21.5 Å². The average Bonchev–Trinajstić information content (AvgIpc) is 2.26. The Morgan fingerprint density at radius 2 is 1.31 bits per heavy atom. The highest BCUT2D eigenvalue weighted by Crippen LogP contribution is 2.22. The van der Waals surface area contributed by atoms with Crippen LogP contribution in [0.1, 0.15) is 5.56 Å². The van der Waals surface area contributed by atoms with Gasteiger partial charge in [-0.25, -0.2) is 0 Å². The van der Waals surface area contributed by atoms with Crippen LogP contribution in [0.3, 0.4) is 0 Å². The molecule has 0 nitrogen and oxygen atoms in total. The zero-order valence-corrected chi connectivity index (χ0v) is 9.20. The van der Waals surface area contributed by atoms with Gasteiger partial charge < -0.3 is 0 Å². The normalized spacial score (nSPS) is 11.1. The van der Waals surface area contributed by atoms with E-state index < -0.39 is 0 Å². The Bertz CT molecular complexity index is 622. The summed E-state index contributed by atoms with van der Waals surface area (Å²) in [5.41, 5.74) is 2.11. The number of rotatable bonds is 0. The number of aryl methyl sites for hydroxylation is 1. The van der Waals surface area contributed by atoms with Crippen LogP contribution in [-0.2, 0) is 0 Å². The van der Waals surface area contributed by atoms with Crippen molar-refractivity contribution in [3.8, 4) is 0 Å². The van der Waals surface area contributed by atoms with E-state index in [-0.39, 0.29) is 0 Å². The fourth-order valence-corrected chi connectivity index (χ4v) is 2.14. The van der Waals surface area contributed by atoms with Crippen LogP contribution in [0.15, 0.2) is 48.5 Å². The largest absolute Gasteiger partial charge is 0.113 e. The second-order valence-electron chi connectivity index (χ2n) is 4.31. The van der Waals surface area contributed by atoms with Gasteiger partial charge >= 0.3 is 0 Å². The molecule has 0 aliphatic carbocycles. The Kier molecular flexibility index (Phi) is 2.00. The Balaban J connectivity index is 2.44. The first-order valence-corrected chi connectivity index (χ1v) is 5.42. The monoisotopic (exact) mass is 202 g/mol. The van der Waals surface area contributed by atoms with Crippen molar-refractivity contribution in [3.63, 3.8) is 0 Å². The molecule has 3 aromatic carbocycles. The quantitative estimate of drug-likeness (QED) is 0.388. The van der Waals surface area contributed by atoms with Gasteiger partial charge in [0.05, 0.1) is 0 Å². The van der Waals surface area contributed by atoms with Crippen LogP contribution in [0.2, 0.25) is 0 Å². The lowest BCUT2D eigenvalue weighted by molar-refractivity contribution is 1.51. The number of hydrogen-bond donors (Lipinski definition) is 0. The summed E-state index contributed by atoms with van der Waals surface area (Å²) in [7, 11) is 5.79. The van der Waals surface area contributed by atoms with Gasteiger partial charge in [-0.2, -0.15) is 0 Å². The molecule has 0 bridgehead atoms. The predicted molar refractivity (Wildman–Crippen MR) is 71.6 cm³/mol. The summed E-state index contributed by atoms with van der Waals surface area (Å²) < 4.78 is 0. The van der Waals surface area contributed by atoms with Gasteiger partial charge in [-0.15, -0.1) is 0 Å². The van der Waals surface area contributed by atoms with Gasteiger partial charge in [0.25, 0.3) is 0 Å². The summed E-state index contributed by atoms with van der Waals surface area (Å²) in [5, 5.41) is 5.00. The fraction of sp³-hybridized carbons (Fsp3) is 0.0667. The summed E-state index contributed by atoms with van der Waals surface area (Å²) in [4.78, 5) is 0. The van der Waals surface area contributed by atoms with Crippen LogP contribution >= 0.6 is 0 Å². The van der Waals surface area contributed by atoms with E-state index in [0.717, 1.165) is 5.46 Å². The van der Waals surface area contributed by atoms with Crippen molar-refractivity contribution >= 4 is 34.9 Å². The van der Waals surface area contributed by atoms with Crippen LogP contribution in [0.5, 0.6) is 0 Å². The number of benzene rings is 3. The molecule has 16 heavy (non-hydrogen) atoms.